The lowest BCUT2D eigenvalue weighted by Crippen LogP contribution is -2.50. The minimum atomic E-state index is -2.87. The number of aliphatic imine (C=N–C) groups is 1. The van der Waals surface area contributed by atoms with Crippen LogP contribution in [-0.4, -0.2) is 21.8 Å². The number of halogens is 3. The standard InChI is InChI=1S/C23H28F3N5/c1-13(16-9-6-10-17(20(16)24)21(25)26)29-22-18-11-23(27,15-7-4-3-5-8-15)28-12-19(18)30-14(2)31-22/h6,9-10,12-13,15,21H,3-5,7-8,11,27H2,1-2H3,(H,29,30,31)/t13-,23?/m1/s1. The Morgan fingerprint density at radius 3 is 2.55 bits per heavy atom. The number of nitrogens with one attached hydrogen (secondary N) is 1. The maximum absolute atomic E-state index is 14.7. The van der Waals surface area contributed by atoms with Crippen LogP contribution in [-0.2, 0) is 6.42 Å². The first-order valence-corrected chi connectivity index (χ1v) is 10.8. The minimum Gasteiger partial charge on any atom is -0.363 e. The molecule has 1 fully saturated rings. The van der Waals surface area contributed by atoms with E-state index in [1.807, 2.05) is 0 Å². The highest BCUT2D eigenvalue weighted by molar-refractivity contribution is 5.83. The third-order valence-corrected chi connectivity index (χ3v) is 6.46. The highest BCUT2D eigenvalue weighted by atomic mass is 19.3. The Morgan fingerprint density at radius 2 is 1.84 bits per heavy atom. The molecule has 1 unspecified atom stereocenters. The molecule has 2 atom stereocenters. The van der Waals surface area contributed by atoms with Crippen LogP contribution in [0.5, 0.6) is 0 Å². The van der Waals surface area contributed by atoms with Gasteiger partial charge in [0.05, 0.1) is 17.3 Å². The predicted octanol–water partition coefficient (Wildman–Crippen LogP) is 5.25. The van der Waals surface area contributed by atoms with Gasteiger partial charge in [0.2, 0.25) is 0 Å². The molecule has 0 saturated heterocycles. The van der Waals surface area contributed by atoms with Crippen molar-refractivity contribution < 1.29 is 13.2 Å². The molecule has 5 nitrogen and oxygen atoms in total. The number of hydrogen-bond acceptors (Lipinski definition) is 5. The third-order valence-electron chi connectivity index (χ3n) is 6.46. The van der Waals surface area contributed by atoms with Gasteiger partial charge in [-0.1, -0.05) is 37.5 Å². The van der Waals surface area contributed by atoms with Crippen molar-refractivity contribution >= 4 is 12.0 Å². The summed E-state index contributed by atoms with van der Waals surface area (Å²) in [6.45, 7) is 3.50. The van der Waals surface area contributed by atoms with Gasteiger partial charge in [0.15, 0.2) is 0 Å². The number of aryl methyl sites for hydroxylation is 1. The number of fused-ring (bicyclic) bond motifs is 1. The number of nitrogens with zero attached hydrogens (tertiary/aromatic N) is 3. The van der Waals surface area contributed by atoms with Crippen molar-refractivity contribution in [3.63, 3.8) is 0 Å². The van der Waals surface area contributed by atoms with Gasteiger partial charge in [0.25, 0.3) is 6.43 Å². The summed E-state index contributed by atoms with van der Waals surface area (Å²) >= 11 is 0. The Morgan fingerprint density at radius 1 is 1.13 bits per heavy atom. The van der Waals surface area contributed by atoms with E-state index in [1.54, 1.807) is 20.1 Å². The monoisotopic (exact) mass is 431 g/mol. The van der Waals surface area contributed by atoms with Gasteiger partial charge in [-0.05, 0) is 32.6 Å². The van der Waals surface area contributed by atoms with Gasteiger partial charge >= 0.3 is 0 Å². The van der Waals surface area contributed by atoms with Crippen LogP contribution in [0.3, 0.4) is 0 Å². The van der Waals surface area contributed by atoms with Crippen LogP contribution in [0.25, 0.3) is 0 Å². The fraction of sp³-hybridized carbons (Fsp3) is 0.522. The summed E-state index contributed by atoms with van der Waals surface area (Å²) in [7, 11) is 0. The van der Waals surface area contributed by atoms with E-state index in [0.717, 1.165) is 37.3 Å². The molecule has 166 valence electrons. The molecule has 2 heterocycles. The lowest BCUT2D eigenvalue weighted by atomic mass is 9.76. The number of rotatable bonds is 5. The van der Waals surface area contributed by atoms with E-state index in [0.29, 0.717) is 23.8 Å². The van der Waals surface area contributed by atoms with Crippen LogP contribution in [0.1, 0.15) is 79.7 Å². The molecule has 1 saturated carbocycles. The quantitative estimate of drug-likeness (QED) is 0.678. The van der Waals surface area contributed by atoms with E-state index in [4.69, 9.17) is 5.73 Å². The summed E-state index contributed by atoms with van der Waals surface area (Å²) < 4.78 is 40.9. The van der Waals surface area contributed by atoms with Crippen LogP contribution in [0.15, 0.2) is 23.2 Å². The summed E-state index contributed by atoms with van der Waals surface area (Å²) in [6.07, 6.45) is 4.94. The molecule has 4 rings (SSSR count). The van der Waals surface area contributed by atoms with Crippen molar-refractivity contribution in [1.29, 1.82) is 0 Å². The van der Waals surface area contributed by atoms with Crippen molar-refractivity contribution in [1.82, 2.24) is 9.97 Å². The topological polar surface area (TPSA) is 76.2 Å². The van der Waals surface area contributed by atoms with Gasteiger partial charge in [0, 0.05) is 23.8 Å². The van der Waals surface area contributed by atoms with E-state index in [1.165, 1.54) is 18.6 Å². The van der Waals surface area contributed by atoms with Crippen LogP contribution in [0, 0.1) is 18.7 Å². The van der Waals surface area contributed by atoms with Crippen LogP contribution in [0.4, 0.5) is 19.0 Å². The van der Waals surface area contributed by atoms with Crippen LogP contribution >= 0.6 is 0 Å². The zero-order valence-corrected chi connectivity index (χ0v) is 17.8. The normalized spacial score (nSPS) is 22.4. The number of anilines is 1. The highest BCUT2D eigenvalue weighted by Gasteiger charge is 2.39. The molecule has 31 heavy (non-hydrogen) atoms. The van der Waals surface area contributed by atoms with Gasteiger partial charge in [-0.3, -0.25) is 4.99 Å². The summed E-state index contributed by atoms with van der Waals surface area (Å²) in [5.41, 5.74) is 7.13. The molecule has 0 spiro atoms. The highest BCUT2D eigenvalue weighted by Crippen LogP contribution is 2.38. The molecule has 0 amide bonds. The maximum atomic E-state index is 14.7. The lowest BCUT2D eigenvalue weighted by molar-refractivity contribution is 0.146. The molecular weight excluding hydrogens is 403 g/mol. The fourth-order valence-electron chi connectivity index (χ4n) is 4.73. The third kappa shape index (κ3) is 4.31. The average Bonchev–Trinajstić information content (AvgIpc) is 2.75. The average molecular weight is 432 g/mol. The molecular formula is C23H28F3N5. The van der Waals surface area contributed by atoms with E-state index in [-0.39, 0.29) is 11.5 Å². The van der Waals surface area contributed by atoms with Crippen molar-refractivity contribution in [2.45, 2.75) is 70.5 Å². The van der Waals surface area contributed by atoms with Gasteiger partial charge in [-0.25, -0.2) is 23.1 Å². The molecule has 1 aliphatic carbocycles. The number of benzene rings is 1. The number of hydrogen-bond donors (Lipinski definition) is 2. The van der Waals surface area contributed by atoms with Crippen molar-refractivity contribution in [3.8, 4) is 0 Å². The van der Waals surface area contributed by atoms with Gasteiger partial charge in [0.1, 0.15) is 23.1 Å². The zero-order valence-electron chi connectivity index (χ0n) is 17.8. The molecule has 1 aromatic carbocycles. The molecule has 3 N–H and O–H groups in total. The number of alkyl halides is 2. The van der Waals surface area contributed by atoms with Gasteiger partial charge < -0.3 is 11.1 Å². The first-order chi connectivity index (χ1) is 14.8. The lowest BCUT2D eigenvalue weighted by Gasteiger charge is -2.39. The second-order valence-corrected chi connectivity index (χ2v) is 8.66. The predicted molar refractivity (Wildman–Crippen MR) is 115 cm³/mol. The summed E-state index contributed by atoms with van der Waals surface area (Å²) in [6, 6.07) is 3.49. The Bertz CT molecular complexity index is 987. The number of aromatic nitrogens is 2. The molecule has 2 aliphatic rings. The van der Waals surface area contributed by atoms with E-state index in [9.17, 15) is 13.2 Å². The maximum Gasteiger partial charge on any atom is 0.266 e. The van der Waals surface area contributed by atoms with Gasteiger partial charge in [-0.15, -0.1) is 0 Å². The van der Waals surface area contributed by atoms with E-state index < -0.39 is 29.5 Å². The molecule has 1 aliphatic heterocycles. The first-order valence-electron chi connectivity index (χ1n) is 10.8. The Labute approximate surface area is 180 Å². The van der Waals surface area contributed by atoms with E-state index in [2.05, 4.69) is 20.3 Å². The smallest absolute Gasteiger partial charge is 0.266 e. The summed E-state index contributed by atoms with van der Waals surface area (Å²) in [5, 5.41) is 3.22. The fourth-order valence-corrected chi connectivity index (χ4v) is 4.73. The van der Waals surface area contributed by atoms with E-state index >= 15 is 0 Å². The Kier molecular flexibility index (Phi) is 6.01. The molecule has 8 heteroatoms. The summed E-state index contributed by atoms with van der Waals surface area (Å²) in [5.74, 6) is 0.490. The molecule has 1 aromatic heterocycles. The molecule has 0 bridgehead atoms. The molecule has 0 radical (unpaired) electrons. The zero-order chi connectivity index (χ0) is 22.2. The largest absolute Gasteiger partial charge is 0.363 e. The van der Waals surface area contributed by atoms with Crippen molar-refractivity contribution in [2.75, 3.05) is 5.32 Å². The Balaban J connectivity index is 1.65. The van der Waals surface area contributed by atoms with Crippen LogP contribution < -0.4 is 11.1 Å². The Hall–Kier alpha value is -2.48. The van der Waals surface area contributed by atoms with Gasteiger partial charge in [-0.2, -0.15) is 0 Å². The van der Waals surface area contributed by atoms with Crippen molar-refractivity contribution in [2.24, 2.45) is 16.6 Å². The molecule has 2 aromatic rings. The van der Waals surface area contributed by atoms with Crippen molar-refractivity contribution in [3.05, 3.63) is 52.2 Å². The minimum absolute atomic E-state index is 0.165. The van der Waals surface area contributed by atoms with Crippen LogP contribution in [0.2, 0.25) is 0 Å². The second kappa shape index (κ2) is 8.57. The SMILES string of the molecule is Cc1nc2c(c(N[C@H](C)c3cccc(C(F)F)c3F)n1)CC(N)(C1CCCCC1)N=C2. The second-order valence-electron chi connectivity index (χ2n) is 8.66. The summed E-state index contributed by atoms with van der Waals surface area (Å²) in [4.78, 5) is 13.7. The number of nitrogens with two attached hydrogens (primary N) is 1. The first kappa shape index (κ1) is 21.7.